The summed E-state index contributed by atoms with van der Waals surface area (Å²) in [7, 11) is 3.10. The number of methoxy groups -OCH3 is 2. The van der Waals surface area contributed by atoms with Gasteiger partial charge in [-0.25, -0.2) is 0 Å². The second-order valence-corrected chi connectivity index (χ2v) is 5.07. The van der Waals surface area contributed by atoms with Gasteiger partial charge in [0.2, 0.25) is 5.75 Å². The first-order chi connectivity index (χ1) is 7.89. The quantitative estimate of drug-likeness (QED) is 0.908. The first-order valence-electron chi connectivity index (χ1n) is 5.14. The Balaban J connectivity index is 3.03. The van der Waals surface area contributed by atoms with Gasteiger partial charge in [-0.15, -0.1) is 0 Å². The van der Waals surface area contributed by atoms with Gasteiger partial charge in [-0.2, -0.15) is 0 Å². The average Bonchev–Trinajstić information content (AvgIpc) is 2.25. The molecule has 0 heterocycles. The molecule has 17 heavy (non-hydrogen) atoms. The van der Waals surface area contributed by atoms with Gasteiger partial charge < -0.3 is 19.3 Å². The van der Waals surface area contributed by atoms with E-state index in [2.05, 4.69) is 15.9 Å². The zero-order chi connectivity index (χ0) is 13.1. The number of rotatable bonds is 5. The van der Waals surface area contributed by atoms with E-state index in [0.717, 1.165) is 4.47 Å². The van der Waals surface area contributed by atoms with Crippen LogP contribution in [0.15, 0.2) is 16.6 Å². The van der Waals surface area contributed by atoms with E-state index in [1.807, 2.05) is 0 Å². The van der Waals surface area contributed by atoms with Crippen LogP contribution in [-0.2, 0) is 0 Å². The van der Waals surface area contributed by atoms with E-state index < -0.39 is 5.60 Å². The highest BCUT2D eigenvalue weighted by atomic mass is 79.9. The lowest BCUT2D eigenvalue weighted by Gasteiger charge is -2.20. The van der Waals surface area contributed by atoms with Crippen LogP contribution in [0.2, 0.25) is 0 Å². The van der Waals surface area contributed by atoms with Crippen molar-refractivity contribution in [3.05, 3.63) is 16.6 Å². The largest absolute Gasteiger partial charge is 0.493 e. The highest BCUT2D eigenvalue weighted by Crippen LogP contribution is 2.42. The Kier molecular flexibility index (Phi) is 4.65. The summed E-state index contributed by atoms with van der Waals surface area (Å²) in [5.41, 5.74) is -0.909. The van der Waals surface area contributed by atoms with Crippen molar-refractivity contribution in [3.8, 4) is 17.2 Å². The number of benzene rings is 1. The fourth-order valence-electron chi connectivity index (χ4n) is 1.26. The molecule has 0 amide bonds. The summed E-state index contributed by atoms with van der Waals surface area (Å²) in [6.45, 7) is 3.51. The Labute approximate surface area is 110 Å². The van der Waals surface area contributed by atoms with Crippen LogP contribution in [-0.4, -0.2) is 31.5 Å². The van der Waals surface area contributed by atoms with E-state index in [0.29, 0.717) is 17.2 Å². The van der Waals surface area contributed by atoms with Crippen molar-refractivity contribution in [1.29, 1.82) is 0 Å². The van der Waals surface area contributed by atoms with Crippen molar-refractivity contribution in [2.24, 2.45) is 0 Å². The molecule has 1 N–H and O–H groups in total. The van der Waals surface area contributed by atoms with Crippen molar-refractivity contribution < 1.29 is 19.3 Å². The topological polar surface area (TPSA) is 47.9 Å². The van der Waals surface area contributed by atoms with Gasteiger partial charge in [0, 0.05) is 0 Å². The molecule has 0 radical (unpaired) electrons. The maximum Gasteiger partial charge on any atom is 0.204 e. The molecule has 0 fully saturated rings. The monoisotopic (exact) mass is 304 g/mol. The molecule has 0 saturated carbocycles. The van der Waals surface area contributed by atoms with Crippen molar-refractivity contribution in [1.82, 2.24) is 0 Å². The molecule has 0 aliphatic heterocycles. The van der Waals surface area contributed by atoms with Crippen LogP contribution in [0.4, 0.5) is 0 Å². The standard InChI is InChI=1S/C12H17BrO4/c1-12(2,14)7-17-10-8(13)5-6-9(15-3)11(10)16-4/h5-6,14H,7H2,1-4H3. The van der Waals surface area contributed by atoms with Gasteiger partial charge in [0.25, 0.3) is 0 Å². The minimum Gasteiger partial charge on any atom is -0.493 e. The number of aliphatic hydroxyl groups is 1. The predicted molar refractivity (Wildman–Crippen MR) is 69.0 cm³/mol. The molecule has 1 aromatic carbocycles. The lowest BCUT2D eigenvalue weighted by Crippen LogP contribution is -2.28. The third-order valence-electron chi connectivity index (χ3n) is 2.02. The Morgan fingerprint density at radius 2 is 1.82 bits per heavy atom. The molecule has 0 spiro atoms. The number of halogens is 1. The van der Waals surface area contributed by atoms with Gasteiger partial charge in [-0.3, -0.25) is 0 Å². The van der Waals surface area contributed by atoms with Crippen LogP contribution in [0.25, 0.3) is 0 Å². The Hall–Kier alpha value is -0.940. The Morgan fingerprint density at radius 1 is 1.18 bits per heavy atom. The summed E-state index contributed by atoms with van der Waals surface area (Å²) >= 11 is 3.38. The fraction of sp³-hybridized carbons (Fsp3) is 0.500. The van der Waals surface area contributed by atoms with Crippen molar-refractivity contribution in [2.45, 2.75) is 19.4 Å². The van der Waals surface area contributed by atoms with Crippen LogP contribution in [0.3, 0.4) is 0 Å². The van der Waals surface area contributed by atoms with E-state index in [9.17, 15) is 5.11 Å². The zero-order valence-electron chi connectivity index (χ0n) is 10.4. The lowest BCUT2D eigenvalue weighted by molar-refractivity contribution is 0.0272. The first kappa shape index (κ1) is 14.1. The maximum atomic E-state index is 9.65. The van der Waals surface area contributed by atoms with Crippen molar-refractivity contribution in [2.75, 3.05) is 20.8 Å². The molecule has 0 unspecified atom stereocenters. The van der Waals surface area contributed by atoms with Gasteiger partial charge in [0.15, 0.2) is 11.5 Å². The van der Waals surface area contributed by atoms with Crippen LogP contribution in [0.1, 0.15) is 13.8 Å². The average molecular weight is 305 g/mol. The summed E-state index contributed by atoms with van der Waals surface area (Å²) in [5, 5.41) is 9.65. The molecule has 0 aliphatic carbocycles. The zero-order valence-corrected chi connectivity index (χ0v) is 12.0. The molecule has 0 bridgehead atoms. The van der Waals surface area contributed by atoms with E-state index in [1.165, 1.54) is 0 Å². The Morgan fingerprint density at radius 3 is 2.29 bits per heavy atom. The van der Waals surface area contributed by atoms with E-state index >= 15 is 0 Å². The van der Waals surface area contributed by atoms with Crippen LogP contribution in [0, 0.1) is 0 Å². The lowest BCUT2D eigenvalue weighted by atomic mass is 10.2. The predicted octanol–water partition coefficient (Wildman–Crippen LogP) is 2.62. The van der Waals surface area contributed by atoms with Gasteiger partial charge in [-0.1, -0.05) is 0 Å². The SMILES string of the molecule is COc1ccc(Br)c(OCC(C)(C)O)c1OC. The van der Waals surface area contributed by atoms with Gasteiger partial charge >= 0.3 is 0 Å². The summed E-state index contributed by atoms with van der Waals surface area (Å²) in [4.78, 5) is 0. The smallest absolute Gasteiger partial charge is 0.204 e. The molecule has 0 aliphatic rings. The minimum absolute atomic E-state index is 0.162. The maximum absolute atomic E-state index is 9.65. The molecular weight excluding hydrogens is 288 g/mol. The van der Waals surface area contributed by atoms with Crippen LogP contribution >= 0.6 is 15.9 Å². The molecule has 1 rings (SSSR count). The van der Waals surface area contributed by atoms with Gasteiger partial charge in [-0.05, 0) is 41.9 Å². The van der Waals surface area contributed by atoms with E-state index in [1.54, 1.807) is 40.2 Å². The minimum atomic E-state index is -0.909. The van der Waals surface area contributed by atoms with Gasteiger partial charge in [0.1, 0.15) is 6.61 Å². The van der Waals surface area contributed by atoms with Crippen LogP contribution < -0.4 is 14.2 Å². The second kappa shape index (κ2) is 5.60. The molecule has 4 nitrogen and oxygen atoms in total. The van der Waals surface area contributed by atoms with Crippen LogP contribution in [0.5, 0.6) is 17.2 Å². The molecule has 5 heteroatoms. The normalized spacial score (nSPS) is 11.2. The molecule has 0 atom stereocenters. The second-order valence-electron chi connectivity index (χ2n) is 4.21. The summed E-state index contributed by atoms with van der Waals surface area (Å²) in [5.74, 6) is 1.61. The van der Waals surface area contributed by atoms with Crippen molar-refractivity contribution >= 4 is 15.9 Å². The number of hydrogen-bond donors (Lipinski definition) is 1. The summed E-state index contributed by atoms with van der Waals surface area (Å²) in [6, 6.07) is 3.58. The third-order valence-corrected chi connectivity index (χ3v) is 2.65. The molecule has 0 aromatic heterocycles. The molecule has 96 valence electrons. The van der Waals surface area contributed by atoms with Crippen molar-refractivity contribution in [3.63, 3.8) is 0 Å². The third kappa shape index (κ3) is 3.78. The van der Waals surface area contributed by atoms with E-state index in [-0.39, 0.29) is 6.61 Å². The van der Waals surface area contributed by atoms with E-state index in [4.69, 9.17) is 14.2 Å². The summed E-state index contributed by atoms with van der Waals surface area (Å²) in [6.07, 6.45) is 0. The first-order valence-corrected chi connectivity index (χ1v) is 5.94. The summed E-state index contributed by atoms with van der Waals surface area (Å²) < 4.78 is 16.7. The highest BCUT2D eigenvalue weighted by Gasteiger charge is 2.19. The highest BCUT2D eigenvalue weighted by molar-refractivity contribution is 9.10. The number of hydrogen-bond acceptors (Lipinski definition) is 4. The van der Waals surface area contributed by atoms with Gasteiger partial charge in [0.05, 0.1) is 24.3 Å². The Bertz CT molecular complexity index is 385. The fourth-order valence-corrected chi connectivity index (χ4v) is 1.68. The molecule has 0 saturated heterocycles. The molecular formula is C12H17BrO4. The molecule has 1 aromatic rings. The number of ether oxygens (including phenoxy) is 3.